The molecule has 1 aromatic carbocycles. The third-order valence-electron chi connectivity index (χ3n) is 2.09. The van der Waals surface area contributed by atoms with E-state index in [1.54, 1.807) is 0 Å². The first-order valence-corrected chi connectivity index (χ1v) is 7.29. The molecule has 0 saturated heterocycles. The van der Waals surface area contributed by atoms with Crippen LogP contribution < -0.4 is 5.32 Å². The molecule has 110 valence electrons. The van der Waals surface area contributed by atoms with E-state index in [0.717, 1.165) is 13.2 Å². The number of anilines is 1. The van der Waals surface area contributed by atoms with Crippen molar-refractivity contribution in [2.75, 3.05) is 18.6 Å². The van der Waals surface area contributed by atoms with Crippen molar-refractivity contribution >= 4 is 27.5 Å². The van der Waals surface area contributed by atoms with Crippen LogP contribution in [0.1, 0.15) is 6.92 Å². The Morgan fingerprint density at radius 2 is 1.75 bits per heavy atom. The number of benzene rings is 1. The van der Waals surface area contributed by atoms with Gasteiger partial charge in [-0.05, 0) is 24.3 Å². The minimum Gasteiger partial charge on any atom is -0.306 e. The van der Waals surface area contributed by atoms with Crippen LogP contribution in [-0.2, 0) is 24.5 Å². The lowest BCUT2D eigenvalue weighted by atomic mass is 10.3. The van der Waals surface area contributed by atoms with Crippen LogP contribution in [0.2, 0.25) is 0 Å². The van der Waals surface area contributed by atoms with Gasteiger partial charge in [0.05, 0.1) is 4.90 Å². The van der Waals surface area contributed by atoms with E-state index >= 15 is 0 Å². The number of carbonyl (C=O) groups is 2. The Kier molecular flexibility index (Phi) is 5.06. The van der Waals surface area contributed by atoms with Crippen molar-refractivity contribution in [1.29, 1.82) is 0 Å². The molecule has 0 bridgehead atoms. The molecular weight excluding hydrogens is 288 g/mol. The van der Waals surface area contributed by atoms with E-state index in [-0.39, 0.29) is 4.90 Å². The molecular formula is C11H14N2O6S. The predicted octanol–water partition coefficient (Wildman–Crippen LogP) is 0.964. The number of sulfone groups is 1. The average Bonchev–Trinajstić information content (AvgIpc) is 2.35. The van der Waals surface area contributed by atoms with E-state index in [4.69, 9.17) is 0 Å². The zero-order valence-corrected chi connectivity index (χ0v) is 11.9. The van der Waals surface area contributed by atoms with E-state index in [1.807, 2.05) is 0 Å². The van der Waals surface area contributed by atoms with Gasteiger partial charge in [-0.3, -0.25) is 4.89 Å². The van der Waals surface area contributed by atoms with Crippen LogP contribution in [0.15, 0.2) is 29.2 Å². The SMILES string of the molecule is CC(=O)OON(C)C(=O)Nc1ccc(S(C)(=O)=O)cc1. The monoisotopic (exact) mass is 302 g/mol. The molecule has 1 N–H and O–H groups in total. The number of hydroxylamine groups is 2. The fourth-order valence-electron chi connectivity index (χ4n) is 1.13. The summed E-state index contributed by atoms with van der Waals surface area (Å²) in [5.74, 6) is -0.706. The molecule has 2 amide bonds. The first-order valence-electron chi connectivity index (χ1n) is 5.40. The van der Waals surface area contributed by atoms with Crippen LogP contribution in [0.4, 0.5) is 10.5 Å². The molecule has 0 heterocycles. The van der Waals surface area contributed by atoms with Crippen LogP contribution in [0.3, 0.4) is 0 Å². The molecule has 0 aliphatic rings. The molecule has 0 saturated carbocycles. The lowest BCUT2D eigenvalue weighted by Crippen LogP contribution is -2.32. The first-order chi connectivity index (χ1) is 9.20. The van der Waals surface area contributed by atoms with Gasteiger partial charge in [0.25, 0.3) is 0 Å². The number of rotatable bonds is 4. The van der Waals surface area contributed by atoms with Gasteiger partial charge in [-0.1, -0.05) is 4.99 Å². The summed E-state index contributed by atoms with van der Waals surface area (Å²) in [6.07, 6.45) is 1.08. The van der Waals surface area contributed by atoms with Crippen LogP contribution in [0, 0.1) is 0 Å². The number of carbonyl (C=O) groups excluding carboxylic acids is 2. The Bertz CT molecular complexity index is 596. The maximum atomic E-state index is 11.6. The number of hydrogen-bond donors (Lipinski definition) is 1. The molecule has 0 fully saturated rings. The van der Waals surface area contributed by atoms with Crippen LogP contribution in [-0.4, -0.2) is 38.8 Å². The maximum absolute atomic E-state index is 11.6. The van der Waals surface area contributed by atoms with Gasteiger partial charge >= 0.3 is 12.0 Å². The summed E-state index contributed by atoms with van der Waals surface area (Å²) < 4.78 is 22.5. The van der Waals surface area contributed by atoms with Crippen LogP contribution in [0.25, 0.3) is 0 Å². The zero-order chi connectivity index (χ0) is 15.3. The van der Waals surface area contributed by atoms with Gasteiger partial charge in [0.2, 0.25) is 0 Å². The lowest BCUT2D eigenvalue weighted by Gasteiger charge is -2.14. The molecule has 0 radical (unpaired) electrons. The summed E-state index contributed by atoms with van der Waals surface area (Å²) in [6.45, 7) is 1.12. The third-order valence-corrected chi connectivity index (χ3v) is 3.21. The van der Waals surface area contributed by atoms with Crippen molar-refractivity contribution in [2.24, 2.45) is 0 Å². The minimum absolute atomic E-state index is 0.139. The Labute approximate surface area is 116 Å². The zero-order valence-electron chi connectivity index (χ0n) is 11.1. The third kappa shape index (κ3) is 4.86. The summed E-state index contributed by atoms with van der Waals surface area (Å²) in [5.41, 5.74) is 0.362. The average molecular weight is 302 g/mol. The number of urea groups is 1. The molecule has 0 unspecified atom stereocenters. The Balaban J connectivity index is 2.65. The fourth-order valence-corrected chi connectivity index (χ4v) is 1.76. The summed E-state index contributed by atoms with van der Waals surface area (Å²) in [6, 6.07) is 4.87. The highest BCUT2D eigenvalue weighted by Crippen LogP contribution is 2.14. The Morgan fingerprint density at radius 1 is 1.20 bits per heavy atom. The molecule has 9 heteroatoms. The van der Waals surface area contributed by atoms with Gasteiger partial charge in [-0.2, -0.15) is 5.06 Å². The second-order valence-electron chi connectivity index (χ2n) is 3.87. The summed E-state index contributed by atoms with van der Waals surface area (Å²) in [4.78, 5) is 30.8. The molecule has 8 nitrogen and oxygen atoms in total. The van der Waals surface area contributed by atoms with Gasteiger partial charge in [0.15, 0.2) is 9.84 Å². The van der Waals surface area contributed by atoms with Gasteiger partial charge in [0.1, 0.15) is 0 Å². The van der Waals surface area contributed by atoms with Gasteiger partial charge in [0, 0.05) is 25.9 Å². The van der Waals surface area contributed by atoms with Crippen molar-refractivity contribution in [1.82, 2.24) is 5.06 Å². The molecule has 0 aromatic heterocycles. The highest BCUT2D eigenvalue weighted by Gasteiger charge is 2.12. The normalized spacial score (nSPS) is 10.8. The largest absolute Gasteiger partial charge is 0.348 e. The van der Waals surface area contributed by atoms with E-state index in [2.05, 4.69) is 15.2 Å². The predicted molar refractivity (Wildman–Crippen MR) is 69.2 cm³/mol. The maximum Gasteiger partial charge on any atom is 0.348 e. The molecule has 20 heavy (non-hydrogen) atoms. The Morgan fingerprint density at radius 3 is 2.20 bits per heavy atom. The van der Waals surface area contributed by atoms with Crippen LogP contribution >= 0.6 is 0 Å². The highest BCUT2D eigenvalue weighted by atomic mass is 32.2. The topological polar surface area (TPSA) is 102 Å². The molecule has 0 aliphatic heterocycles. The number of amides is 2. The lowest BCUT2D eigenvalue weighted by molar-refractivity contribution is -0.366. The van der Waals surface area contributed by atoms with Crippen molar-refractivity contribution in [2.45, 2.75) is 11.8 Å². The van der Waals surface area contributed by atoms with Crippen molar-refractivity contribution < 1.29 is 27.9 Å². The Hall–Kier alpha value is -2.13. The second-order valence-corrected chi connectivity index (χ2v) is 5.89. The molecule has 1 aromatic rings. The van der Waals surface area contributed by atoms with Crippen molar-refractivity contribution in [3.05, 3.63) is 24.3 Å². The van der Waals surface area contributed by atoms with Crippen LogP contribution in [0.5, 0.6) is 0 Å². The quantitative estimate of drug-likeness (QED) is 0.656. The van der Waals surface area contributed by atoms with E-state index in [1.165, 1.54) is 31.3 Å². The summed E-state index contributed by atoms with van der Waals surface area (Å²) in [5, 5.41) is 3.09. The van der Waals surface area contributed by atoms with Crippen molar-refractivity contribution in [3.8, 4) is 0 Å². The summed E-state index contributed by atoms with van der Waals surface area (Å²) in [7, 11) is -2.05. The standard InChI is InChI=1S/C11H14N2O6S/c1-8(14)18-19-13(2)11(15)12-9-4-6-10(7-5-9)20(3,16)17/h4-7H,1-3H3,(H,12,15). The number of nitrogens with one attached hydrogen (secondary N) is 1. The van der Waals surface area contributed by atoms with E-state index in [0.29, 0.717) is 10.8 Å². The molecule has 0 atom stereocenters. The number of nitrogens with zero attached hydrogens (tertiary/aromatic N) is 1. The highest BCUT2D eigenvalue weighted by molar-refractivity contribution is 7.90. The van der Waals surface area contributed by atoms with E-state index < -0.39 is 21.8 Å². The van der Waals surface area contributed by atoms with Gasteiger partial charge in [-0.15, -0.1) is 0 Å². The second kappa shape index (κ2) is 6.35. The number of hydrogen-bond acceptors (Lipinski definition) is 6. The minimum atomic E-state index is -3.29. The fraction of sp³-hybridized carbons (Fsp3) is 0.273. The molecule has 1 rings (SSSR count). The molecule has 0 aliphatic carbocycles. The van der Waals surface area contributed by atoms with Gasteiger partial charge in [-0.25, -0.2) is 18.0 Å². The van der Waals surface area contributed by atoms with E-state index in [9.17, 15) is 18.0 Å². The smallest absolute Gasteiger partial charge is 0.306 e. The first kappa shape index (κ1) is 15.9. The summed E-state index contributed by atoms with van der Waals surface area (Å²) >= 11 is 0. The van der Waals surface area contributed by atoms with Crippen molar-refractivity contribution in [3.63, 3.8) is 0 Å². The van der Waals surface area contributed by atoms with Gasteiger partial charge < -0.3 is 5.32 Å². The molecule has 0 spiro atoms.